The fraction of sp³-hybridized carbons (Fsp3) is 0.364. The zero-order valence-corrected chi connectivity index (χ0v) is 17.4. The molecule has 3 aromatic rings. The average molecular weight is 406 g/mol. The van der Waals surface area contributed by atoms with Crippen LogP contribution in [0.3, 0.4) is 0 Å². The molecule has 1 aliphatic rings. The van der Waals surface area contributed by atoms with E-state index in [4.69, 9.17) is 0 Å². The molecule has 0 radical (unpaired) electrons. The molecule has 8 heteroatoms. The van der Waals surface area contributed by atoms with E-state index in [0.717, 1.165) is 49.8 Å². The predicted octanol–water partition coefficient (Wildman–Crippen LogP) is 1.94. The van der Waals surface area contributed by atoms with Gasteiger partial charge in [-0.3, -0.25) is 9.78 Å². The number of likely N-dealkylation sites (N-methyl/N-ethyl adjacent to an activating group) is 1. The van der Waals surface area contributed by atoms with E-state index in [1.807, 2.05) is 25.1 Å². The van der Waals surface area contributed by atoms with E-state index >= 15 is 0 Å². The number of benzene rings is 1. The molecule has 0 amide bonds. The number of nitrogens with one attached hydrogen (secondary N) is 2. The van der Waals surface area contributed by atoms with Crippen LogP contribution in [0.1, 0.15) is 11.3 Å². The quantitative estimate of drug-likeness (QED) is 0.648. The van der Waals surface area contributed by atoms with Gasteiger partial charge in [-0.1, -0.05) is 30.3 Å². The number of aryl methyl sites for hydroxylation is 1. The summed E-state index contributed by atoms with van der Waals surface area (Å²) in [7, 11) is 2.12. The Labute approximate surface area is 176 Å². The van der Waals surface area contributed by atoms with Crippen LogP contribution in [0.25, 0.3) is 11.3 Å². The number of anilines is 2. The molecule has 156 valence electrons. The van der Waals surface area contributed by atoms with Crippen molar-refractivity contribution in [1.29, 1.82) is 0 Å². The summed E-state index contributed by atoms with van der Waals surface area (Å²) in [6.07, 6.45) is 2.61. The second-order valence-corrected chi connectivity index (χ2v) is 7.60. The number of hydrogen-bond donors (Lipinski definition) is 2. The van der Waals surface area contributed by atoms with Crippen molar-refractivity contribution in [3.63, 3.8) is 0 Å². The van der Waals surface area contributed by atoms with Crippen LogP contribution < -0.4 is 15.8 Å². The first kappa shape index (κ1) is 20.0. The van der Waals surface area contributed by atoms with Gasteiger partial charge in [0.15, 0.2) is 0 Å². The topological polar surface area (TPSA) is 90.0 Å². The van der Waals surface area contributed by atoms with Crippen molar-refractivity contribution in [2.45, 2.75) is 13.3 Å². The molecule has 2 aromatic heterocycles. The maximum atomic E-state index is 12.2. The summed E-state index contributed by atoms with van der Waals surface area (Å²) in [6, 6.07) is 11.7. The lowest BCUT2D eigenvalue weighted by molar-refractivity contribution is 0.311. The van der Waals surface area contributed by atoms with Gasteiger partial charge in [0.25, 0.3) is 5.56 Å². The minimum absolute atomic E-state index is 0.204. The van der Waals surface area contributed by atoms with Crippen molar-refractivity contribution in [3.8, 4) is 11.3 Å². The first-order chi connectivity index (χ1) is 14.6. The van der Waals surface area contributed by atoms with Gasteiger partial charge in [-0.25, -0.2) is 15.0 Å². The maximum absolute atomic E-state index is 12.2. The molecular formula is C22H27N7O. The van der Waals surface area contributed by atoms with Crippen LogP contribution in [-0.4, -0.2) is 64.6 Å². The highest BCUT2D eigenvalue weighted by molar-refractivity contribution is 5.62. The lowest BCUT2D eigenvalue weighted by Gasteiger charge is -2.32. The van der Waals surface area contributed by atoms with Crippen LogP contribution in [0.2, 0.25) is 0 Å². The molecule has 8 nitrogen and oxygen atoms in total. The maximum Gasteiger partial charge on any atom is 0.252 e. The van der Waals surface area contributed by atoms with Gasteiger partial charge in [-0.05, 0) is 26.0 Å². The van der Waals surface area contributed by atoms with Crippen LogP contribution in [0.15, 0.2) is 47.4 Å². The van der Waals surface area contributed by atoms with Crippen LogP contribution in [-0.2, 0) is 6.42 Å². The zero-order chi connectivity index (χ0) is 20.9. The minimum atomic E-state index is -0.204. The number of hydrogen-bond acceptors (Lipinski definition) is 7. The van der Waals surface area contributed by atoms with Gasteiger partial charge in [-0.2, -0.15) is 0 Å². The van der Waals surface area contributed by atoms with Gasteiger partial charge in [-0.15, -0.1) is 0 Å². The molecule has 0 aliphatic carbocycles. The molecule has 2 N–H and O–H groups in total. The molecule has 0 atom stereocenters. The highest BCUT2D eigenvalue weighted by Gasteiger charge is 2.18. The molecule has 0 saturated carbocycles. The average Bonchev–Trinajstić information content (AvgIpc) is 2.74. The molecule has 0 unspecified atom stereocenters. The lowest BCUT2D eigenvalue weighted by atomic mass is 10.1. The third-order valence-corrected chi connectivity index (χ3v) is 5.32. The van der Waals surface area contributed by atoms with Crippen molar-refractivity contribution in [2.75, 3.05) is 50.0 Å². The predicted molar refractivity (Wildman–Crippen MR) is 119 cm³/mol. The van der Waals surface area contributed by atoms with Crippen LogP contribution in [0, 0.1) is 6.92 Å². The van der Waals surface area contributed by atoms with Gasteiger partial charge in [0.05, 0.1) is 11.4 Å². The molecule has 0 spiro atoms. The van der Waals surface area contributed by atoms with Gasteiger partial charge >= 0.3 is 0 Å². The lowest BCUT2D eigenvalue weighted by Crippen LogP contribution is -2.45. The molecular weight excluding hydrogens is 378 g/mol. The van der Waals surface area contributed by atoms with Crippen molar-refractivity contribution in [2.24, 2.45) is 0 Å². The Hall–Kier alpha value is -3.26. The summed E-state index contributed by atoms with van der Waals surface area (Å²) in [6.45, 7) is 6.42. The fourth-order valence-electron chi connectivity index (χ4n) is 3.51. The van der Waals surface area contributed by atoms with Crippen LogP contribution in [0.5, 0.6) is 0 Å². The first-order valence-corrected chi connectivity index (χ1v) is 10.2. The Morgan fingerprint density at radius 2 is 1.87 bits per heavy atom. The summed E-state index contributed by atoms with van der Waals surface area (Å²) < 4.78 is 0. The van der Waals surface area contributed by atoms with E-state index in [9.17, 15) is 4.79 Å². The number of aromatic amines is 1. The Balaban J connectivity index is 1.48. The molecule has 1 aromatic carbocycles. The van der Waals surface area contributed by atoms with E-state index < -0.39 is 0 Å². The largest absolute Gasteiger partial charge is 0.355 e. The molecule has 1 aliphatic heterocycles. The fourth-order valence-corrected chi connectivity index (χ4v) is 3.51. The van der Waals surface area contributed by atoms with Crippen LogP contribution in [0.4, 0.5) is 11.9 Å². The highest BCUT2D eigenvalue weighted by Crippen LogP contribution is 2.21. The van der Waals surface area contributed by atoms with E-state index in [1.54, 1.807) is 6.20 Å². The van der Waals surface area contributed by atoms with Crippen molar-refractivity contribution in [1.82, 2.24) is 24.8 Å². The van der Waals surface area contributed by atoms with Gasteiger partial charge in [0.1, 0.15) is 0 Å². The summed E-state index contributed by atoms with van der Waals surface area (Å²) >= 11 is 0. The Morgan fingerprint density at radius 1 is 1.10 bits per heavy atom. The summed E-state index contributed by atoms with van der Waals surface area (Å²) in [5, 5.41) is 3.21. The Morgan fingerprint density at radius 3 is 2.60 bits per heavy atom. The third-order valence-electron chi connectivity index (χ3n) is 5.32. The second-order valence-electron chi connectivity index (χ2n) is 7.60. The summed E-state index contributed by atoms with van der Waals surface area (Å²) in [5.74, 6) is 1.19. The SMILES string of the molecule is Cc1nc(N2CCN(C)CC2)ncc1-c1cc(=O)[nH]c(NCCc2ccccc2)n1. The third kappa shape index (κ3) is 4.83. The smallest absolute Gasteiger partial charge is 0.252 e. The van der Waals surface area contributed by atoms with E-state index in [-0.39, 0.29) is 5.56 Å². The van der Waals surface area contributed by atoms with Crippen molar-refractivity contribution < 1.29 is 0 Å². The first-order valence-electron chi connectivity index (χ1n) is 10.2. The number of piperazine rings is 1. The number of H-pyrrole nitrogens is 1. The highest BCUT2D eigenvalue weighted by atomic mass is 16.1. The van der Waals surface area contributed by atoms with E-state index in [1.165, 1.54) is 11.6 Å². The van der Waals surface area contributed by atoms with E-state index in [2.05, 4.69) is 54.2 Å². The Kier molecular flexibility index (Phi) is 6.04. The monoisotopic (exact) mass is 405 g/mol. The standard InChI is InChI=1S/C22H27N7O/c1-16-18(15-24-22(25-16)29-12-10-28(2)11-13-29)19-14-20(30)27-21(26-19)23-9-8-17-6-4-3-5-7-17/h3-7,14-15H,8-13H2,1-2H3,(H2,23,26,27,30). The molecule has 3 heterocycles. The molecule has 1 fully saturated rings. The van der Waals surface area contributed by atoms with Crippen LogP contribution >= 0.6 is 0 Å². The molecule has 30 heavy (non-hydrogen) atoms. The number of rotatable bonds is 6. The van der Waals surface area contributed by atoms with Gasteiger partial charge in [0.2, 0.25) is 11.9 Å². The second kappa shape index (κ2) is 9.04. The number of nitrogens with zero attached hydrogens (tertiary/aromatic N) is 5. The van der Waals surface area contributed by atoms with E-state index in [0.29, 0.717) is 18.2 Å². The Bertz CT molecular complexity index is 1040. The molecule has 1 saturated heterocycles. The number of aromatic nitrogens is 4. The molecule has 0 bridgehead atoms. The minimum Gasteiger partial charge on any atom is -0.355 e. The zero-order valence-electron chi connectivity index (χ0n) is 17.4. The van der Waals surface area contributed by atoms with Gasteiger partial charge < -0.3 is 15.1 Å². The summed E-state index contributed by atoms with van der Waals surface area (Å²) in [5.41, 5.74) is 3.18. The molecule has 4 rings (SSSR count). The normalized spacial score (nSPS) is 14.7. The summed E-state index contributed by atoms with van der Waals surface area (Å²) in [4.78, 5) is 33.2. The van der Waals surface area contributed by atoms with Crippen molar-refractivity contribution >= 4 is 11.9 Å². The van der Waals surface area contributed by atoms with Crippen molar-refractivity contribution in [3.05, 3.63) is 64.2 Å². The van der Waals surface area contributed by atoms with Gasteiger partial charge in [0, 0.05) is 50.6 Å².